The van der Waals surface area contributed by atoms with Crippen molar-refractivity contribution in [1.29, 1.82) is 84.2 Å². The summed E-state index contributed by atoms with van der Waals surface area (Å²) in [5.41, 5.74) is -12.6. The van der Waals surface area contributed by atoms with Crippen molar-refractivity contribution in [2.24, 2.45) is 0 Å². The van der Waals surface area contributed by atoms with Gasteiger partial charge >= 0.3 is 13.4 Å². The molecule has 0 N–H and O–H groups in total. The molecule has 1 aromatic heterocycles. The molecule has 0 unspecified atom stereocenters. The van der Waals surface area contributed by atoms with Gasteiger partial charge in [-0.1, -0.05) is 0 Å². The smallest absolute Gasteiger partial charge is 0.314 e. The van der Waals surface area contributed by atoms with Crippen LogP contribution in [0.4, 0.5) is 0 Å². The highest BCUT2D eigenvalue weighted by atomic mass is 16.3. The van der Waals surface area contributed by atoms with E-state index < -0.39 is 137 Å². The number of rotatable bonds is 4. The molecule has 0 spiro atoms. The zero-order chi connectivity index (χ0) is 41.9. The van der Waals surface area contributed by atoms with E-state index in [0.717, 1.165) is 0 Å². The second kappa shape index (κ2) is 14.5. The fraction of sp³-hybridized carbons (Fsp3) is 0. The van der Waals surface area contributed by atoms with Gasteiger partial charge in [0.25, 0.3) is 13.4 Å². The SMILES string of the molecule is N#CC1=C(C#N)C(C#N)=C(C#N)B1c1oc(B2C(C#N)=C(C#N)C(C#N)=C2C#N)c(B2C(C#N)=C(C#N)C(C#N)=C2C#N)c1B1C(C#N)=C(C#N)C(C#N)=C1C#N. The molecule has 0 amide bonds. The number of nitriles is 16. The summed E-state index contributed by atoms with van der Waals surface area (Å²) >= 11 is 0. The van der Waals surface area contributed by atoms with E-state index >= 15 is 0 Å². The molecule has 0 atom stereocenters. The van der Waals surface area contributed by atoms with E-state index in [1.165, 1.54) is 0 Å². The fourth-order valence-electron chi connectivity index (χ4n) is 7.32. The van der Waals surface area contributed by atoms with Gasteiger partial charge in [-0.25, -0.2) is 0 Å². The zero-order valence-electron chi connectivity index (χ0n) is 27.9. The summed E-state index contributed by atoms with van der Waals surface area (Å²) in [6.07, 6.45) is 0. The third-order valence-electron chi connectivity index (χ3n) is 9.46. The van der Waals surface area contributed by atoms with Crippen LogP contribution < -0.4 is 22.2 Å². The molecule has 0 saturated carbocycles. The van der Waals surface area contributed by atoms with Crippen molar-refractivity contribution in [3.8, 4) is 97.1 Å². The Balaban J connectivity index is 2.26. The molecule has 5 rings (SSSR count). The molecular formula is C36B4N16O. The van der Waals surface area contributed by atoms with Crippen molar-refractivity contribution in [1.82, 2.24) is 0 Å². The van der Waals surface area contributed by atoms with E-state index in [-0.39, 0.29) is 0 Å². The van der Waals surface area contributed by atoms with Crippen LogP contribution in [-0.4, -0.2) is 26.9 Å². The lowest BCUT2D eigenvalue weighted by Crippen LogP contribution is -2.61. The molecule has 57 heavy (non-hydrogen) atoms. The summed E-state index contributed by atoms with van der Waals surface area (Å²) in [6, 6.07) is 27.4. The van der Waals surface area contributed by atoms with Crippen molar-refractivity contribution in [3.63, 3.8) is 0 Å². The predicted molar refractivity (Wildman–Crippen MR) is 186 cm³/mol. The number of nitrogens with zero attached hydrogens (tertiary/aromatic N) is 16. The summed E-state index contributed by atoms with van der Waals surface area (Å²) in [5, 5.41) is 165. The van der Waals surface area contributed by atoms with Crippen molar-refractivity contribution < 1.29 is 4.42 Å². The first-order valence-electron chi connectivity index (χ1n) is 15.2. The zero-order valence-corrected chi connectivity index (χ0v) is 27.9. The third-order valence-corrected chi connectivity index (χ3v) is 9.46. The van der Waals surface area contributed by atoms with E-state index in [1.807, 2.05) is 0 Å². The van der Waals surface area contributed by atoms with Gasteiger partial charge in [0.1, 0.15) is 48.6 Å². The van der Waals surface area contributed by atoms with Gasteiger partial charge in [0.05, 0.1) is 104 Å². The van der Waals surface area contributed by atoms with Gasteiger partial charge in [-0.2, -0.15) is 84.2 Å². The average Bonchev–Trinajstić information content (AvgIpc) is 4.02. The maximum Gasteiger partial charge on any atom is 0.314 e. The molecule has 1 aromatic rings. The van der Waals surface area contributed by atoms with Crippen LogP contribution in [0.15, 0.2) is 92.8 Å². The Morgan fingerprint density at radius 1 is 0.228 bits per heavy atom. The molecule has 4 aliphatic rings. The van der Waals surface area contributed by atoms with E-state index in [2.05, 4.69) is 0 Å². The van der Waals surface area contributed by atoms with E-state index in [1.54, 1.807) is 97.1 Å². The maximum atomic E-state index is 10.5. The Labute approximate surface area is 322 Å². The molecule has 0 saturated heterocycles. The summed E-state index contributed by atoms with van der Waals surface area (Å²) in [6.45, 7) is -7.74. The number of hydrogen-bond acceptors (Lipinski definition) is 17. The van der Waals surface area contributed by atoms with Crippen molar-refractivity contribution in [3.05, 3.63) is 88.4 Å². The lowest BCUT2D eigenvalue weighted by atomic mass is 9.24. The molecule has 17 nitrogen and oxygen atoms in total. The molecule has 0 aromatic carbocycles. The van der Waals surface area contributed by atoms with Crippen molar-refractivity contribution in [2.45, 2.75) is 0 Å². The summed E-state index contributed by atoms with van der Waals surface area (Å²) in [7, 11) is 0. The van der Waals surface area contributed by atoms with Gasteiger partial charge in [0.15, 0.2) is 0 Å². The second-order valence-electron chi connectivity index (χ2n) is 11.5. The van der Waals surface area contributed by atoms with Gasteiger partial charge in [0, 0.05) is 43.8 Å². The van der Waals surface area contributed by atoms with Crippen LogP contribution in [0.2, 0.25) is 0 Å². The standard InChI is InChI=1S/C36B4N16O/c41-1-17-18(2-42)26(10-50)37(25(17)9-49)33-34(38-27(11-51)19(3-43)20(4-44)28(38)12-52)36(40-31(15-55)23(7-47)24(8-48)32(40)16-56)57-35(33)39-29(13-53)21(5-45)22(6-46)30(39)14-54. The highest BCUT2D eigenvalue weighted by molar-refractivity contribution is 7.06. The highest BCUT2D eigenvalue weighted by Gasteiger charge is 2.55. The summed E-state index contributed by atoms with van der Waals surface area (Å²) < 4.78 is 6.45. The highest BCUT2D eigenvalue weighted by Crippen LogP contribution is 2.37. The Morgan fingerprint density at radius 2 is 0.386 bits per heavy atom. The van der Waals surface area contributed by atoms with Crippen LogP contribution in [0.1, 0.15) is 0 Å². The predicted octanol–water partition coefficient (Wildman–Crippen LogP) is -0.795. The Morgan fingerprint density at radius 3 is 0.526 bits per heavy atom. The molecule has 0 radical (unpaired) electrons. The minimum atomic E-state index is -1.95. The first-order valence-corrected chi connectivity index (χ1v) is 15.2. The molecule has 21 heteroatoms. The van der Waals surface area contributed by atoms with Crippen LogP contribution in [0.5, 0.6) is 0 Å². The Kier molecular flexibility index (Phi) is 9.55. The average molecular weight is 716 g/mol. The topological polar surface area (TPSA) is 394 Å². The lowest BCUT2D eigenvalue weighted by Gasteiger charge is -2.18. The van der Waals surface area contributed by atoms with E-state index in [0.29, 0.717) is 0 Å². The number of hydrogen-bond donors (Lipinski definition) is 0. The quantitative estimate of drug-likeness (QED) is 0.344. The number of allylic oxidation sites excluding steroid dienone is 16. The minimum absolute atomic E-state index is 0.571. The third kappa shape index (κ3) is 4.78. The molecule has 0 aliphatic carbocycles. The molecule has 5 heterocycles. The van der Waals surface area contributed by atoms with Gasteiger partial charge in [-0.05, 0) is 10.9 Å². The first-order chi connectivity index (χ1) is 27.7. The Hall–Kier alpha value is -10.7. The Bertz CT molecular complexity index is 2870. The van der Waals surface area contributed by atoms with Crippen LogP contribution in [0.25, 0.3) is 0 Å². The summed E-state index contributed by atoms with van der Waals surface area (Å²) in [4.78, 5) is 0. The fourth-order valence-corrected chi connectivity index (χ4v) is 7.32. The molecule has 0 fully saturated rings. The van der Waals surface area contributed by atoms with E-state index in [9.17, 15) is 84.2 Å². The van der Waals surface area contributed by atoms with Gasteiger partial charge in [0.2, 0.25) is 0 Å². The van der Waals surface area contributed by atoms with Crippen molar-refractivity contribution in [2.75, 3.05) is 0 Å². The summed E-state index contributed by atoms with van der Waals surface area (Å²) in [5.74, 6) is 0. The van der Waals surface area contributed by atoms with E-state index in [4.69, 9.17) is 4.42 Å². The minimum Gasteiger partial charge on any atom is -0.485 e. The van der Waals surface area contributed by atoms with Gasteiger partial charge in [-0.15, -0.1) is 0 Å². The van der Waals surface area contributed by atoms with Crippen LogP contribution in [-0.2, 0) is 0 Å². The van der Waals surface area contributed by atoms with Crippen LogP contribution >= 0.6 is 0 Å². The van der Waals surface area contributed by atoms with Crippen LogP contribution in [0, 0.1) is 181 Å². The molecular weight excluding hydrogens is 716 g/mol. The number of furan rings is 1. The first kappa shape index (κ1) is 37.6. The largest absolute Gasteiger partial charge is 0.485 e. The van der Waals surface area contributed by atoms with Gasteiger partial charge < -0.3 is 4.42 Å². The molecule has 0 bridgehead atoms. The van der Waals surface area contributed by atoms with Gasteiger partial charge in [-0.3, -0.25) is 0 Å². The maximum absolute atomic E-state index is 10.5. The lowest BCUT2D eigenvalue weighted by molar-refractivity contribution is 0.637. The normalized spacial score (nSPS) is 15.4. The molecule has 4 aliphatic heterocycles. The van der Waals surface area contributed by atoms with Crippen molar-refractivity contribution >= 4 is 49.1 Å². The molecule has 242 valence electrons. The second-order valence-corrected chi connectivity index (χ2v) is 11.5. The monoisotopic (exact) mass is 716 g/mol. The van der Waals surface area contributed by atoms with Crippen LogP contribution in [0.3, 0.4) is 0 Å².